The van der Waals surface area contributed by atoms with Gasteiger partial charge in [-0.2, -0.15) is 13.2 Å². The smallest absolute Gasteiger partial charge is 0.458 e. The zero-order valence-electron chi connectivity index (χ0n) is 76.1. The fourth-order valence-electron chi connectivity index (χ4n) is 17.5. The van der Waals surface area contributed by atoms with Gasteiger partial charge >= 0.3 is 42.0 Å². The third-order valence-electron chi connectivity index (χ3n) is 23.9. The summed E-state index contributed by atoms with van der Waals surface area (Å²) in [6.07, 6.45) is 6.32. The van der Waals surface area contributed by atoms with E-state index in [4.69, 9.17) is 116 Å². The number of pyridine rings is 4. The molecule has 0 bridgehead atoms. The first kappa shape index (κ1) is 105. The molecule has 1 aliphatic rings. The van der Waals surface area contributed by atoms with Gasteiger partial charge in [0.1, 0.15) is 39.3 Å². The van der Waals surface area contributed by atoms with Crippen molar-refractivity contribution < 1.29 is 77.7 Å². The predicted molar refractivity (Wildman–Crippen MR) is 566 cm³/mol. The minimum absolute atomic E-state index is 0.0413. The van der Waals surface area contributed by atoms with Crippen LogP contribution in [-0.2, 0) is 73.5 Å². The summed E-state index contributed by atoms with van der Waals surface area (Å²) in [7, 11) is 0. The number of terminal acetylenes is 1. The number of carbonyl (C=O) groups is 6. The second kappa shape index (κ2) is 43.4. The monoisotopic (exact) mass is 2120 g/mol. The molecule has 0 aliphatic heterocycles. The Balaban J connectivity index is 0.000000137. The molecule has 0 saturated carbocycles. The zero-order chi connectivity index (χ0) is 104. The molecule has 19 rings (SSSR count). The molecule has 1 unspecified atom stereocenters. The van der Waals surface area contributed by atoms with E-state index < -0.39 is 54.0 Å². The lowest BCUT2D eigenvalue weighted by Crippen LogP contribution is -2.18. The number of carboxylic acids is 6. The molecule has 0 amide bonds. The van der Waals surface area contributed by atoms with Gasteiger partial charge in [0.25, 0.3) is 0 Å². The van der Waals surface area contributed by atoms with E-state index in [0.717, 1.165) is 67.2 Å². The number of alkyl halides is 3. The van der Waals surface area contributed by atoms with Crippen LogP contribution < -0.4 is 21.7 Å². The average Bonchev–Trinajstić information content (AvgIpc) is 1.21. The van der Waals surface area contributed by atoms with Crippen molar-refractivity contribution in [1.29, 1.82) is 0 Å². The fraction of sp³-hybridized carbons (Fsp3) is 0.178. The second-order valence-corrected chi connectivity index (χ2v) is 38.7. The largest absolute Gasteiger partial charge is 0.480 e. The molecule has 0 radical (unpaired) electrons. The summed E-state index contributed by atoms with van der Waals surface area (Å²) in [5.74, 6) is -0.175. The fourth-order valence-corrected chi connectivity index (χ4v) is 20.2. The molecule has 23 nitrogen and oxygen atoms in total. The molecule has 0 saturated heterocycles. The number of aliphatic hydroxyl groups excluding tert-OH is 1. The average molecular weight is 2130 g/mol. The summed E-state index contributed by atoms with van der Waals surface area (Å²) in [6, 6.07) is 57.4. The third kappa shape index (κ3) is 21.9. The van der Waals surface area contributed by atoms with Crippen LogP contribution in [0, 0.1) is 24.2 Å². The lowest BCUT2D eigenvalue weighted by molar-refractivity contribution is -0.138. The van der Waals surface area contributed by atoms with Crippen LogP contribution in [0.5, 0.6) is 0 Å². The Kier molecular flexibility index (Phi) is 31.9. The number of rotatable bonds is 15. The minimum atomic E-state index is -4.76. The lowest BCUT2D eigenvalue weighted by atomic mass is 9.86. The van der Waals surface area contributed by atoms with Crippen LogP contribution in [0.25, 0.3) is 136 Å². The molecule has 6 heterocycles. The first-order valence-electron chi connectivity index (χ1n) is 43.5. The van der Waals surface area contributed by atoms with Crippen molar-refractivity contribution in [3.05, 3.63) is 320 Å². The van der Waals surface area contributed by atoms with Gasteiger partial charge in [0, 0.05) is 81.6 Å². The molecule has 6 aromatic heterocycles. The Labute approximate surface area is 859 Å². The highest BCUT2D eigenvalue weighted by Gasteiger charge is 2.29. The highest BCUT2D eigenvalue weighted by atomic mass is 35.5. The molecule has 730 valence electrons. The van der Waals surface area contributed by atoms with Gasteiger partial charge in [-0.25, -0.2) is 0 Å². The summed E-state index contributed by atoms with van der Waals surface area (Å²) < 4.78 is 47.0. The topological polar surface area (TPSA) is 342 Å². The Hall–Kier alpha value is -13.5. The number of hydrogen-bond donors (Lipinski definition) is 7. The number of aliphatic hydroxyl groups is 1. The van der Waals surface area contributed by atoms with Crippen molar-refractivity contribution in [2.45, 2.75) is 122 Å². The Bertz CT molecular complexity index is 8830. The molecule has 1 aliphatic carbocycles. The number of nitrogens with zero attached hydrogens (tertiary/aromatic N) is 6. The van der Waals surface area contributed by atoms with Gasteiger partial charge in [0.2, 0.25) is 0 Å². The van der Waals surface area contributed by atoms with Crippen molar-refractivity contribution in [3.63, 3.8) is 0 Å². The Morgan fingerprint density at radius 1 is 0.399 bits per heavy atom. The summed E-state index contributed by atoms with van der Waals surface area (Å²) in [6.45, 7) is 8.60. The number of thioether (sulfide) groups is 1. The van der Waals surface area contributed by atoms with Crippen molar-refractivity contribution in [2.24, 2.45) is 0 Å². The molecule has 12 aromatic carbocycles. The van der Waals surface area contributed by atoms with Crippen LogP contribution >= 0.6 is 116 Å². The van der Waals surface area contributed by atoms with Crippen LogP contribution in [0.4, 0.5) is 13.2 Å². The quantitative estimate of drug-likeness (QED) is 0.0285. The van der Waals surface area contributed by atoms with Gasteiger partial charge in [0.05, 0.1) is 122 Å². The van der Waals surface area contributed by atoms with Gasteiger partial charge < -0.3 is 63.1 Å². The molecule has 143 heavy (non-hydrogen) atoms. The zero-order valence-corrected chi connectivity index (χ0v) is 83.7. The van der Waals surface area contributed by atoms with E-state index >= 15 is 0 Å². The van der Waals surface area contributed by atoms with Crippen molar-refractivity contribution in [2.75, 3.05) is 6.26 Å². The number of aliphatic carboxylic acids is 6. The third-order valence-corrected chi connectivity index (χ3v) is 28.2. The van der Waals surface area contributed by atoms with E-state index in [-0.39, 0.29) is 103 Å². The minimum Gasteiger partial charge on any atom is -0.480 e. The standard InChI is InChI=1S/C21H17Cl2NO4.C21H18ClNO3.C18H9ClF3NO3.C17H15Cl2NO2.C16H12ClNO3S.C14H9Cl2NO2/c22-16-8-7-15-20(19(16)23)24(10-18(26)27)17-9-12(3-6-14(17)21(15)28)11-1-4-13(25)5-2-11;1-5-13-16(22)9-8-15-19(13)23(11-18(24)25)17-10-12(21(2,3)4)6-7-14(17)20(15)26;19-13-6-5-12-16(10(13)7-8-18(20,21)22)23(9-15(24)25)14-4-2-1-3-11(14)17(12)26;1-9(2)10-3-4-11-12-5-6-13(18)16(19)17(12)20(8-15(21)22)14(11)7-10;1-22-16-11(17)7-6-10-14(16)18(8-13(19)20)12-5-3-2-4-9(12)15(10)21;15-10-6-5-9-8-3-1-2-4-11(8)17(7-12(18)19)14(9)13(10)16/h1,3,6-9,13,25H,2,4-5,10H2,(H,26,27);1,6-10H,11H2,2-4H3,(H,24,25);1-6H,9H2,(H,24,25);3-7,9H,8H2,1-2H3,(H,21,22);2-7H,8H2,1H3,(H,19,20);1-6H,7H2,(H,18,19). The summed E-state index contributed by atoms with van der Waals surface area (Å²) in [5, 5.41) is 74.8. The predicted octanol–water partition coefficient (Wildman–Crippen LogP) is 25.6. The second-order valence-electron chi connectivity index (χ2n) is 34.3. The first-order chi connectivity index (χ1) is 67.7. The van der Waals surface area contributed by atoms with E-state index in [2.05, 4.69) is 46.6 Å². The van der Waals surface area contributed by atoms with E-state index in [1.165, 1.54) is 51.2 Å². The van der Waals surface area contributed by atoms with Crippen molar-refractivity contribution in [3.8, 4) is 24.2 Å². The van der Waals surface area contributed by atoms with Crippen molar-refractivity contribution in [1.82, 2.24) is 27.4 Å². The number of aromatic nitrogens is 6. The van der Waals surface area contributed by atoms with Gasteiger partial charge in [-0.05, 0) is 180 Å². The number of halogens is 12. The maximum absolute atomic E-state index is 13.0. The van der Waals surface area contributed by atoms with Gasteiger partial charge in [-0.15, -0.1) is 18.2 Å². The molecule has 18 aromatic rings. The highest BCUT2D eigenvalue weighted by Crippen LogP contribution is 2.43. The van der Waals surface area contributed by atoms with E-state index in [1.807, 2.05) is 91.0 Å². The summed E-state index contributed by atoms with van der Waals surface area (Å²) >= 11 is 57.1. The van der Waals surface area contributed by atoms with Crippen LogP contribution in [-0.4, -0.2) is 118 Å². The molecule has 0 spiro atoms. The SMILES string of the molecule is C#Cc1c(Cl)ccc2c(=O)c3ccc(C(C)(C)C)cc3n(CC(=O)O)c12.CC(C)c1ccc2c3ccc(Cl)c(Cl)c3n(CC(=O)O)c2c1.CSc1c(Cl)ccc2c(=O)c3ccccc3n(CC(=O)O)c12.O=C(O)Cn1c2cc(C3=CCC(O)CC3)ccc2c(=O)c2ccc(Cl)c(Cl)c21.O=C(O)Cn1c2ccccc2c(=O)c2ccc(Cl)c(C#CC(F)(F)F)c21.O=C(O)Cn1c2ccccc2c2ccc(Cl)c(Cl)c21. The molecular weight excluding hydrogens is 2050 g/mol. The normalized spacial score (nSPS) is 12.6. The van der Waals surface area contributed by atoms with Crippen LogP contribution in [0.3, 0.4) is 0 Å². The molecule has 1 atom stereocenters. The number of hydrogen-bond acceptors (Lipinski definition) is 12. The molecule has 36 heteroatoms. The van der Waals surface area contributed by atoms with E-state index in [0.29, 0.717) is 136 Å². The molecule has 0 fully saturated rings. The molecular formula is C107H80Cl9F3N6O17S. The van der Waals surface area contributed by atoms with Crippen LogP contribution in [0.2, 0.25) is 45.2 Å². The Morgan fingerprint density at radius 2 is 0.727 bits per heavy atom. The Morgan fingerprint density at radius 3 is 1.15 bits per heavy atom. The maximum atomic E-state index is 13.0. The van der Waals surface area contributed by atoms with Crippen molar-refractivity contribution >= 4 is 288 Å². The number of allylic oxidation sites excluding steroid dienone is 1. The van der Waals surface area contributed by atoms with E-state index in [1.54, 1.807) is 109 Å². The summed E-state index contributed by atoms with van der Waals surface area (Å²) in [5.41, 5.74) is 9.25. The number of carboxylic acid groups (broad SMARTS) is 6. The van der Waals surface area contributed by atoms with Crippen LogP contribution in [0.1, 0.15) is 87.6 Å². The van der Waals surface area contributed by atoms with Crippen LogP contribution in [0.15, 0.2) is 230 Å². The number of para-hydroxylation sites is 3. The number of benzene rings is 12. The van der Waals surface area contributed by atoms with Gasteiger partial charge in [-0.1, -0.05) is 236 Å². The van der Waals surface area contributed by atoms with Gasteiger partial charge in [0.15, 0.2) is 21.7 Å². The summed E-state index contributed by atoms with van der Waals surface area (Å²) in [4.78, 5) is 120. The highest BCUT2D eigenvalue weighted by molar-refractivity contribution is 7.99. The maximum Gasteiger partial charge on any atom is 0.458 e. The van der Waals surface area contributed by atoms with E-state index in [9.17, 15) is 91.8 Å². The molecule has 7 N–H and O–H groups in total. The first-order valence-corrected chi connectivity index (χ1v) is 48.1. The van der Waals surface area contributed by atoms with Gasteiger partial charge in [-0.3, -0.25) is 47.9 Å². The number of fused-ring (bicyclic) bond motifs is 14. The lowest BCUT2D eigenvalue weighted by Gasteiger charge is -2.21.